The second-order valence-corrected chi connectivity index (χ2v) is 5.29. The Morgan fingerprint density at radius 1 is 1.00 bits per heavy atom. The Bertz CT molecular complexity index is 818. The van der Waals surface area contributed by atoms with E-state index in [-0.39, 0.29) is 5.91 Å². The second-order valence-electron chi connectivity index (χ2n) is 5.29. The minimum Gasteiger partial charge on any atom is -0.497 e. The number of anilines is 2. The topological polar surface area (TPSA) is 76.1 Å². The first kappa shape index (κ1) is 16.4. The predicted octanol–water partition coefficient (Wildman–Crippen LogP) is 3.16. The molecule has 6 nitrogen and oxygen atoms in total. The van der Waals surface area contributed by atoms with Crippen molar-refractivity contribution >= 4 is 17.3 Å². The van der Waals surface area contributed by atoms with Crippen LogP contribution in [0.5, 0.6) is 5.75 Å². The summed E-state index contributed by atoms with van der Waals surface area (Å²) in [7, 11) is 1.63. The van der Waals surface area contributed by atoms with Crippen molar-refractivity contribution in [3.8, 4) is 5.75 Å². The molecule has 3 rings (SSSR count). The highest BCUT2D eigenvalue weighted by Crippen LogP contribution is 2.19. The van der Waals surface area contributed by atoms with Gasteiger partial charge >= 0.3 is 0 Å². The monoisotopic (exact) mass is 334 g/mol. The second kappa shape index (κ2) is 7.92. The van der Waals surface area contributed by atoms with Crippen LogP contribution in [-0.4, -0.2) is 23.0 Å². The highest BCUT2D eigenvalue weighted by molar-refractivity contribution is 5.92. The van der Waals surface area contributed by atoms with E-state index >= 15 is 0 Å². The molecule has 25 heavy (non-hydrogen) atoms. The number of pyridine rings is 2. The average Bonchev–Trinajstić information content (AvgIpc) is 2.68. The maximum Gasteiger partial charge on any atom is 0.270 e. The number of carbonyl (C=O) groups excluding carboxylic acids is 1. The molecule has 0 aliphatic heterocycles. The van der Waals surface area contributed by atoms with Gasteiger partial charge in [0.05, 0.1) is 31.2 Å². The molecule has 2 N–H and O–H groups in total. The van der Waals surface area contributed by atoms with E-state index in [1.807, 2.05) is 48.5 Å². The normalized spacial score (nSPS) is 10.1. The number of carbonyl (C=O) groups is 1. The van der Waals surface area contributed by atoms with Crippen LogP contribution in [0.3, 0.4) is 0 Å². The quantitative estimate of drug-likeness (QED) is 0.724. The molecule has 0 saturated heterocycles. The Balaban J connectivity index is 1.58. The van der Waals surface area contributed by atoms with E-state index in [4.69, 9.17) is 4.74 Å². The Morgan fingerprint density at radius 3 is 2.44 bits per heavy atom. The van der Waals surface area contributed by atoms with E-state index < -0.39 is 0 Å². The van der Waals surface area contributed by atoms with Crippen LogP contribution in [0, 0.1) is 0 Å². The van der Waals surface area contributed by atoms with Gasteiger partial charge in [0.1, 0.15) is 11.4 Å². The lowest BCUT2D eigenvalue weighted by Crippen LogP contribution is -2.24. The fourth-order valence-corrected chi connectivity index (χ4v) is 2.21. The molecule has 0 saturated carbocycles. The summed E-state index contributed by atoms with van der Waals surface area (Å²) < 4.78 is 5.13. The first-order valence-corrected chi connectivity index (χ1v) is 7.80. The SMILES string of the molecule is COc1ccc(Nc2ccc(C(=O)NCc3ccccn3)nc2)cc1. The third-order valence-electron chi connectivity index (χ3n) is 3.53. The van der Waals surface area contributed by atoms with Crippen LogP contribution >= 0.6 is 0 Å². The van der Waals surface area contributed by atoms with Crippen molar-refractivity contribution in [2.24, 2.45) is 0 Å². The van der Waals surface area contributed by atoms with E-state index in [9.17, 15) is 4.79 Å². The van der Waals surface area contributed by atoms with E-state index in [0.717, 1.165) is 22.8 Å². The first-order chi connectivity index (χ1) is 12.2. The van der Waals surface area contributed by atoms with Crippen LogP contribution in [0.15, 0.2) is 67.0 Å². The Kier molecular flexibility index (Phi) is 5.21. The molecule has 2 heterocycles. The largest absolute Gasteiger partial charge is 0.497 e. The molecule has 0 unspecified atom stereocenters. The summed E-state index contributed by atoms with van der Waals surface area (Å²) in [6, 6.07) is 16.6. The molecule has 3 aromatic rings. The number of hydrogen-bond acceptors (Lipinski definition) is 5. The van der Waals surface area contributed by atoms with Gasteiger partial charge in [0, 0.05) is 11.9 Å². The zero-order chi connectivity index (χ0) is 17.5. The third-order valence-corrected chi connectivity index (χ3v) is 3.53. The van der Waals surface area contributed by atoms with Crippen molar-refractivity contribution < 1.29 is 9.53 Å². The fraction of sp³-hybridized carbons (Fsp3) is 0.105. The molecule has 0 aliphatic rings. The van der Waals surface area contributed by atoms with Crippen molar-refractivity contribution in [2.45, 2.75) is 6.54 Å². The molecule has 0 atom stereocenters. The van der Waals surface area contributed by atoms with Gasteiger partial charge < -0.3 is 15.4 Å². The van der Waals surface area contributed by atoms with E-state index in [0.29, 0.717) is 12.2 Å². The Labute approximate surface area is 145 Å². The predicted molar refractivity (Wildman–Crippen MR) is 95.9 cm³/mol. The number of benzene rings is 1. The molecule has 2 aromatic heterocycles. The number of aromatic nitrogens is 2. The van der Waals surface area contributed by atoms with Crippen LogP contribution < -0.4 is 15.4 Å². The van der Waals surface area contributed by atoms with Crippen molar-refractivity contribution in [3.05, 3.63) is 78.4 Å². The number of hydrogen-bond donors (Lipinski definition) is 2. The van der Waals surface area contributed by atoms with E-state index in [1.54, 1.807) is 25.6 Å². The molecular formula is C19H18N4O2. The first-order valence-electron chi connectivity index (χ1n) is 7.80. The summed E-state index contributed by atoms with van der Waals surface area (Å²) in [5, 5.41) is 6.02. The van der Waals surface area contributed by atoms with Crippen molar-refractivity contribution in [1.29, 1.82) is 0 Å². The van der Waals surface area contributed by atoms with Crippen molar-refractivity contribution in [2.75, 3.05) is 12.4 Å². The van der Waals surface area contributed by atoms with Gasteiger partial charge in [0.25, 0.3) is 5.91 Å². The van der Waals surface area contributed by atoms with Gasteiger partial charge in [-0.2, -0.15) is 0 Å². The smallest absolute Gasteiger partial charge is 0.270 e. The van der Waals surface area contributed by atoms with Gasteiger partial charge in [-0.25, -0.2) is 4.98 Å². The van der Waals surface area contributed by atoms with Crippen molar-refractivity contribution in [3.63, 3.8) is 0 Å². The van der Waals surface area contributed by atoms with Gasteiger partial charge in [-0.15, -0.1) is 0 Å². The number of amides is 1. The number of rotatable bonds is 6. The lowest BCUT2D eigenvalue weighted by atomic mass is 10.2. The van der Waals surface area contributed by atoms with Crippen LogP contribution in [0.4, 0.5) is 11.4 Å². The third kappa shape index (κ3) is 4.54. The van der Waals surface area contributed by atoms with Crippen LogP contribution in [0.2, 0.25) is 0 Å². The molecular weight excluding hydrogens is 316 g/mol. The van der Waals surface area contributed by atoms with Gasteiger partial charge in [0.15, 0.2) is 0 Å². The molecule has 1 amide bonds. The van der Waals surface area contributed by atoms with E-state index in [2.05, 4.69) is 20.6 Å². The molecule has 0 bridgehead atoms. The summed E-state index contributed by atoms with van der Waals surface area (Å²) in [4.78, 5) is 20.5. The summed E-state index contributed by atoms with van der Waals surface area (Å²) in [6.07, 6.45) is 3.32. The summed E-state index contributed by atoms with van der Waals surface area (Å²) in [6.45, 7) is 0.368. The summed E-state index contributed by atoms with van der Waals surface area (Å²) in [5.74, 6) is 0.560. The standard InChI is InChI=1S/C19H18N4O2/c1-25-17-8-5-14(6-9-17)23-16-7-10-18(21-13-16)19(24)22-12-15-4-2-3-11-20-15/h2-11,13,23H,12H2,1H3,(H,22,24). The minimum absolute atomic E-state index is 0.235. The summed E-state index contributed by atoms with van der Waals surface area (Å²) in [5.41, 5.74) is 2.87. The molecule has 0 radical (unpaired) electrons. The molecule has 126 valence electrons. The lowest BCUT2D eigenvalue weighted by molar-refractivity contribution is 0.0945. The van der Waals surface area contributed by atoms with Crippen LogP contribution in [0.1, 0.15) is 16.2 Å². The van der Waals surface area contributed by atoms with Crippen LogP contribution in [-0.2, 0) is 6.54 Å². The fourth-order valence-electron chi connectivity index (χ4n) is 2.21. The number of methoxy groups -OCH3 is 1. The minimum atomic E-state index is -0.235. The Hall–Kier alpha value is -3.41. The molecule has 6 heteroatoms. The summed E-state index contributed by atoms with van der Waals surface area (Å²) >= 11 is 0. The molecule has 1 aromatic carbocycles. The van der Waals surface area contributed by atoms with Gasteiger partial charge in [-0.05, 0) is 48.5 Å². The van der Waals surface area contributed by atoms with E-state index in [1.165, 1.54) is 0 Å². The maximum atomic E-state index is 12.1. The van der Waals surface area contributed by atoms with Crippen LogP contribution in [0.25, 0.3) is 0 Å². The van der Waals surface area contributed by atoms with Gasteiger partial charge in [-0.1, -0.05) is 6.07 Å². The molecule has 0 fully saturated rings. The highest BCUT2D eigenvalue weighted by atomic mass is 16.5. The number of nitrogens with zero attached hydrogens (tertiary/aromatic N) is 2. The lowest BCUT2D eigenvalue weighted by Gasteiger charge is -2.08. The zero-order valence-corrected chi connectivity index (χ0v) is 13.8. The number of nitrogens with one attached hydrogen (secondary N) is 2. The molecule has 0 spiro atoms. The van der Waals surface area contributed by atoms with Gasteiger partial charge in [0.2, 0.25) is 0 Å². The maximum absolute atomic E-state index is 12.1. The van der Waals surface area contributed by atoms with Crippen molar-refractivity contribution in [1.82, 2.24) is 15.3 Å². The highest BCUT2D eigenvalue weighted by Gasteiger charge is 2.07. The Morgan fingerprint density at radius 2 is 1.80 bits per heavy atom. The zero-order valence-electron chi connectivity index (χ0n) is 13.8. The molecule has 0 aliphatic carbocycles. The average molecular weight is 334 g/mol. The van der Waals surface area contributed by atoms with Gasteiger partial charge in [-0.3, -0.25) is 9.78 Å². The number of ether oxygens (including phenoxy) is 1.